The number of rotatable bonds is 8. The monoisotopic (exact) mass is 265 g/mol. The molecular formula is C15H23NO3. The second-order valence-electron chi connectivity index (χ2n) is 4.48. The number of amides is 1. The van der Waals surface area contributed by atoms with E-state index in [2.05, 4.69) is 5.32 Å². The molecule has 0 aromatic heterocycles. The Morgan fingerprint density at radius 2 is 2.00 bits per heavy atom. The largest absolute Gasteiger partial charge is 0.497 e. The van der Waals surface area contributed by atoms with E-state index < -0.39 is 0 Å². The molecule has 0 aliphatic carbocycles. The maximum atomic E-state index is 11.8. The van der Waals surface area contributed by atoms with E-state index in [9.17, 15) is 4.79 Å². The SMILES string of the molecule is CCC(NC(=O)CCCCO)c1ccc(OC)cc1. The Morgan fingerprint density at radius 3 is 2.53 bits per heavy atom. The second kappa shape index (κ2) is 8.53. The van der Waals surface area contributed by atoms with Crippen molar-refractivity contribution in [2.45, 2.75) is 38.6 Å². The van der Waals surface area contributed by atoms with Crippen LogP contribution in [0, 0.1) is 0 Å². The number of aliphatic hydroxyl groups excluding tert-OH is 1. The average molecular weight is 265 g/mol. The minimum atomic E-state index is 0.0348. The minimum Gasteiger partial charge on any atom is -0.497 e. The van der Waals surface area contributed by atoms with Crippen LogP contribution in [0.15, 0.2) is 24.3 Å². The first-order valence-electron chi connectivity index (χ1n) is 6.75. The van der Waals surface area contributed by atoms with Crippen molar-refractivity contribution in [2.75, 3.05) is 13.7 Å². The van der Waals surface area contributed by atoms with Crippen molar-refractivity contribution in [3.63, 3.8) is 0 Å². The average Bonchev–Trinajstić information content (AvgIpc) is 2.45. The third-order valence-electron chi connectivity index (χ3n) is 3.07. The summed E-state index contributed by atoms with van der Waals surface area (Å²) in [6, 6.07) is 7.78. The maximum Gasteiger partial charge on any atom is 0.220 e. The molecule has 4 heteroatoms. The highest BCUT2D eigenvalue weighted by atomic mass is 16.5. The first-order chi connectivity index (χ1) is 9.21. The standard InChI is InChI=1S/C15H23NO3/c1-3-14(16-15(18)6-4-5-11-17)12-7-9-13(19-2)10-8-12/h7-10,14,17H,3-6,11H2,1-2H3,(H,16,18). The van der Waals surface area contributed by atoms with Gasteiger partial charge in [0.25, 0.3) is 0 Å². The number of benzene rings is 1. The van der Waals surface area contributed by atoms with Crippen molar-refractivity contribution in [3.05, 3.63) is 29.8 Å². The molecule has 0 aliphatic heterocycles. The fourth-order valence-electron chi connectivity index (χ4n) is 1.92. The summed E-state index contributed by atoms with van der Waals surface area (Å²) in [6.45, 7) is 2.19. The molecule has 0 bridgehead atoms. The van der Waals surface area contributed by atoms with E-state index >= 15 is 0 Å². The molecule has 0 radical (unpaired) electrons. The highest BCUT2D eigenvalue weighted by molar-refractivity contribution is 5.76. The molecule has 106 valence electrons. The third-order valence-corrected chi connectivity index (χ3v) is 3.07. The lowest BCUT2D eigenvalue weighted by molar-refractivity contribution is -0.122. The first-order valence-corrected chi connectivity index (χ1v) is 6.75. The van der Waals surface area contributed by atoms with Gasteiger partial charge in [-0.3, -0.25) is 4.79 Å². The van der Waals surface area contributed by atoms with Crippen LogP contribution in [-0.2, 0) is 4.79 Å². The van der Waals surface area contributed by atoms with Crippen LogP contribution in [0.5, 0.6) is 5.75 Å². The molecule has 2 N–H and O–H groups in total. The summed E-state index contributed by atoms with van der Waals surface area (Å²) in [5.74, 6) is 0.851. The van der Waals surface area contributed by atoms with Crippen LogP contribution in [0.2, 0.25) is 0 Å². The van der Waals surface area contributed by atoms with Crippen LogP contribution >= 0.6 is 0 Å². The summed E-state index contributed by atoms with van der Waals surface area (Å²) in [4.78, 5) is 11.8. The fraction of sp³-hybridized carbons (Fsp3) is 0.533. The molecule has 1 aromatic rings. The molecule has 1 atom stereocenters. The summed E-state index contributed by atoms with van der Waals surface area (Å²) in [5, 5.41) is 11.7. The second-order valence-corrected chi connectivity index (χ2v) is 4.48. The molecule has 19 heavy (non-hydrogen) atoms. The quantitative estimate of drug-likeness (QED) is 0.710. The van der Waals surface area contributed by atoms with E-state index in [0.717, 1.165) is 24.2 Å². The third kappa shape index (κ3) is 5.30. The Kier molecular flexibility index (Phi) is 6.97. The van der Waals surface area contributed by atoms with Gasteiger partial charge in [-0.1, -0.05) is 19.1 Å². The summed E-state index contributed by atoms with van der Waals surface area (Å²) in [6.07, 6.45) is 2.71. The van der Waals surface area contributed by atoms with Crippen LogP contribution in [0.25, 0.3) is 0 Å². The molecule has 0 aliphatic rings. The van der Waals surface area contributed by atoms with Gasteiger partial charge in [-0.15, -0.1) is 0 Å². The van der Waals surface area contributed by atoms with E-state index in [-0.39, 0.29) is 18.6 Å². The lowest BCUT2D eigenvalue weighted by Gasteiger charge is -2.17. The first kappa shape index (κ1) is 15.5. The fourth-order valence-corrected chi connectivity index (χ4v) is 1.92. The number of hydrogen-bond donors (Lipinski definition) is 2. The Morgan fingerprint density at radius 1 is 1.32 bits per heavy atom. The highest BCUT2D eigenvalue weighted by Crippen LogP contribution is 2.20. The molecule has 1 aromatic carbocycles. The Bertz CT molecular complexity index is 375. The molecular weight excluding hydrogens is 242 g/mol. The number of ether oxygens (including phenoxy) is 1. The molecule has 0 fully saturated rings. The Labute approximate surface area is 114 Å². The summed E-state index contributed by atoms with van der Waals surface area (Å²) < 4.78 is 5.12. The highest BCUT2D eigenvalue weighted by Gasteiger charge is 2.12. The zero-order valence-electron chi connectivity index (χ0n) is 11.7. The molecule has 0 saturated heterocycles. The summed E-state index contributed by atoms with van der Waals surface area (Å²) >= 11 is 0. The number of unbranched alkanes of at least 4 members (excludes halogenated alkanes) is 1. The van der Waals surface area contributed by atoms with Gasteiger partial charge >= 0.3 is 0 Å². The topological polar surface area (TPSA) is 58.6 Å². The Balaban J connectivity index is 2.54. The zero-order chi connectivity index (χ0) is 14.1. The van der Waals surface area contributed by atoms with Crippen LogP contribution in [-0.4, -0.2) is 24.7 Å². The van der Waals surface area contributed by atoms with E-state index in [1.807, 2.05) is 31.2 Å². The summed E-state index contributed by atoms with van der Waals surface area (Å²) in [7, 11) is 1.63. The van der Waals surface area contributed by atoms with E-state index in [1.165, 1.54) is 0 Å². The maximum absolute atomic E-state index is 11.8. The van der Waals surface area contributed by atoms with Crippen LogP contribution < -0.4 is 10.1 Å². The molecule has 1 rings (SSSR count). The number of carbonyl (C=O) groups excluding carboxylic acids is 1. The van der Waals surface area contributed by atoms with Crippen molar-refractivity contribution in [1.29, 1.82) is 0 Å². The van der Waals surface area contributed by atoms with E-state index in [0.29, 0.717) is 12.8 Å². The molecule has 0 saturated carbocycles. The number of aliphatic hydroxyl groups is 1. The van der Waals surface area contributed by atoms with E-state index in [4.69, 9.17) is 9.84 Å². The van der Waals surface area contributed by atoms with Gasteiger partial charge in [0.2, 0.25) is 5.91 Å². The van der Waals surface area contributed by atoms with Crippen molar-refractivity contribution >= 4 is 5.91 Å². The smallest absolute Gasteiger partial charge is 0.220 e. The lowest BCUT2D eigenvalue weighted by atomic mass is 10.0. The Hall–Kier alpha value is -1.55. The molecule has 0 heterocycles. The van der Waals surface area contributed by atoms with Crippen molar-refractivity contribution in [2.24, 2.45) is 0 Å². The van der Waals surface area contributed by atoms with Gasteiger partial charge in [0.15, 0.2) is 0 Å². The van der Waals surface area contributed by atoms with Gasteiger partial charge in [0.05, 0.1) is 13.2 Å². The molecule has 0 spiro atoms. The number of methoxy groups -OCH3 is 1. The number of nitrogens with one attached hydrogen (secondary N) is 1. The minimum absolute atomic E-state index is 0.0348. The predicted octanol–water partition coefficient (Wildman–Crippen LogP) is 2.43. The van der Waals surface area contributed by atoms with Crippen LogP contribution in [0.3, 0.4) is 0 Å². The van der Waals surface area contributed by atoms with Crippen LogP contribution in [0.4, 0.5) is 0 Å². The van der Waals surface area contributed by atoms with Crippen molar-refractivity contribution < 1.29 is 14.6 Å². The van der Waals surface area contributed by atoms with Crippen molar-refractivity contribution in [3.8, 4) is 5.75 Å². The molecule has 4 nitrogen and oxygen atoms in total. The molecule has 1 amide bonds. The number of carbonyl (C=O) groups is 1. The van der Waals surface area contributed by atoms with Crippen molar-refractivity contribution in [1.82, 2.24) is 5.32 Å². The number of hydrogen-bond acceptors (Lipinski definition) is 3. The molecule has 1 unspecified atom stereocenters. The van der Waals surface area contributed by atoms with Gasteiger partial charge in [0, 0.05) is 13.0 Å². The van der Waals surface area contributed by atoms with E-state index in [1.54, 1.807) is 7.11 Å². The lowest BCUT2D eigenvalue weighted by Crippen LogP contribution is -2.27. The van der Waals surface area contributed by atoms with Gasteiger partial charge in [0.1, 0.15) is 5.75 Å². The van der Waals surface area contributed by atoms with Gasteiger partial charge < -0.3 is 15.2 Å². The normalized spacial score (nSPS) is 11.9. The van der Waals surface area contributed by atoms with Crippen LogP contribution in [0.1, 0.15) is 44.2 Å². The van der Waals surface area contributed by atoms with Gasteiger partial charge in [-0.2, -0.15) is 0 Å². The van der Waals surface area contributed by atoms with Gasteiger partial charge in [-0.25, -0.2) is 0 Å². The predicted molar refractivity (Wildman–Crippen MR) is 75.1 cm³/mol. The van der Waals surface area contributed by atoms with Gasteiger partial charge in [-0.05, 0) is 37.0 Å². The zero-order valence-corrected chi connectivity index (χ0v) is 11.7. The summed E-state index contributed by atoms with van der Waals surface area (Å²) in [5.41, 5.74) is 1.08.